The summed E-state index contributed by atoms with van der Waals surface area (Å²) in [7, 11) is 0. The lowest BCUT2D eigenvalue weighted by Gasteiger charge is -2.45. The van der Waals surface area contributed by atoms with Crippen molar-refractivity contribution in [1.82, 2.24) is 0 Å². The molecule has 0 aromatic heterocycles. The number of nitrogens with two attached hydrogens (primary N) is 1. The second-order valence-electron chi connectivity index (χ2n) is 7.46. The van der Waals surface area contributed by atoms with Crippen LogP contribution in [0.25, 0.3) is 0 Å². The van der Waals surface area contributed by atoms with Gasteiger partial charge in [0.05, 0.1) is 5.60 Å². The van der Waals surface area contributed by atoms with E-state index in [4.69, 9.17) is 10.5 Å². The first kappa shape index (κ1) is 13.0. The minimum atomic E-state index is 0.216. The third-order valence-electron chi connectivity index (χ3n) is 6.30. The lowest BCUT2D eigenvalue weighted by atomic mass is 9.74. The molecule has 4 aliphatic rings. The van der Waals surface area contributed by atoms with Crippen LogP contribution in [-0.2, 0) is 4.74 Å². The molecule has 0 aromatic carbocycles. The van der Waals surface area contributed by atoms with Crippen molar-refractivity contribution in [3.05, 3.63) is 0 Å². The first-order chi connectivity index (χ1) is 9.26. The molecule has 3 heteroatoms. The number of hydrogen-bond donors (Lipinski definition) is 1. The molecule has 2 aliphatic carbocycles. The number of thioether (sulfide) groups is 1. The number of fused-ring (bicyclic) bond motifs is 1. The zero-order valence-electron chi connectivity index (χ0n) is 11.9. The van der Waals surface area contributed by atoms with Crippen molar-refractivity contribution < 1.29 is 4.74 Å². The molecule has 1 spiro atoms. The van der Waals surface area contributed by atoms with E-state index < -0.39 is 0 Å². The second kappa shape index (κ2) is 4.92. The Morgan fingerprint density at radius 2 is 1.79 bits per heavy atom. The van der Waals surface area contributed by atoms with Gasteiger partial charge in [-0.05, 0) is 80.1 Å². The van der Waals surface area contributed by atoms with Crippen molar-refractivity contribution in [2.24, 2.45) is 29.4 Å². The van der Waals surface area contributed by atoms with E-state index in [2.05, 4.69) is 11.8 Å². The minimum absolute atomic E-state index is 0.216. The van der Waals surface area contributed by atoms with Gasteiger partial charge < -0.3 is 10.5 Å². The summed E-state index contributed by atoms with van der Waals surface area (Å²) in [6.45, 7) is 0.961. The van der Waals surface area contributed by atoms with Crippen LogP contribution >= 0.6 is 11.8 Å². The van der Waals surface area contributed by atoms with Crippen molar-refractivity contribution in [2.45, 2.75) is 56.6 Å². The van der Waals surface area contributed by atoms with E-state index in [0.29, 0.717) is 6.04 Å². The molecule has 2 saturated heterocycles. The average molecular weight is 281 g/mol. The molecule has 2 nitrogen and oxygen atoms in total. The van der Waals surface area contributed by atoms with E-state index in [1.54, 1.807) is 0 Å². The lowest BCUT2D eigenvalue weighted by Crippen LogP contribution is -2.49. The first-order valence-corrected chi connectivity index (χ1v) is 9.38. The Morgan fingerprint density at radius 1 is 1.05 bits per heavy atom. The molecule has 19 heavy (non-hydrogen) atoms. The predicted octanol–water partition coefficient (Wildman–Crippen LogP) is 3.05. The molecule has 0 aromatic rings. The summed E-state index contributed by atoms with van der Waals surface area (Å²) in [5, 5.41) is 0. The number of ether oxygens (including phenoxy) is 1. The van der Waals surface area contributed by atoms with Gasteiger partial charge in [0.1, 0.15) is 0 Å². The maximum absolute atomic E-state index is 6.67. The second-order valence-corrected chi connectivity index (χ2v) is 8.69. The van der Waals surface area contributed by atoms with E-state index in [1.165, 1.54) is 56.5 Å². The SMILES string of the molecule is NC(C1CC2CC2C1)C1CCOC2(CCSCC2)C1. The monoisotopic (exact) mass is 281 g/mol. The van der Waals surface area contributed by atoms with E-state index in [9.17, 15) is 0 Å². The Bertz CT molecular complexity index is 326. The van der Waals surface area contributed by atoms with Crippen LogP contribution in [0.2, 0.25) is 0 Å². The van der Waals surface area contributed by atoms with Crippen LogP contribution in [0.1, 0.15) is 44.9 Å². The molecule has 108 valence electrons. The molecule has 2 heterocycles. The van der Waals surface area contributed by atoms with Crippen LogP contribution < -0.4 is 5.73 Å². The molecule has 4 rings (SSSR count). The summed E-state index contributed by atoms with van der Waals surface area (Å²) in [5.41, 5.74) is 6.88. The van der Waals surface area contributed by atoms with Crippen LogP contribution in [0.15, 0.2) is 0 Å². The van der Waals surface area contributed by atoms with Gasteiger partial charge in [-0.25, -0.2) is 0 Å². The van der Waals surface area contributed by atoms with Gasteiger partial charge in [0.15, 0.2) is 0 Å². The Hall–Kier alpha value is 0.270. The Labute approximate surface area is 121 Å². The average Bonchev–Trinajstić information content (AvgIpc) is 3.05. The molecule has 2 aliphatic heterocycles. The minimum Gasteiger partial charge on any atom is -0.375 e. The third-order valence-corrected chi connectivity index (χ3v) is 7.29. The molecule has 0 amide bonds. The summed E-state index contributed by atoms with van der Waals surface area (Å²) >= 11 is 2.09. The van der Waals surface area contributed by atoms with Gasteiger partial charge in [-0.15, -0.1) is 0 Å². The van der Waals surface area contributed by atoms with Crippen LogP contribution in [0.4, 0.5) is 0 Å². The number of hydrogen-bond acceptors (Lipinski definition) is 3. The van der Waals surface area contributed by atoms with E-state index in [1.807, 2.05) is 0 Å². The number of rotatable bonds is 2. The highest BCUT2D eigenvalue weighted by molar-refractivity contribution is 7.99. The fraction of sp³-hybridized carbons (Fsp3) is 1.00. The van der Waals surface area contributed by atoms with Gasteiger partial charge in [0.2, 0.25) is 0 Å². The topological polar surface area (TPSA) is 35.2 Å². The van der Waals surface area contributed by atoms with Crippen molar-refractivity contribution in [3.63, 3.8) is 0 Å². The first-order valence-electron chi connectivity index (χ1n) is 8.23. The standard InChI is InChI=1S/C16H27NOS/c17-15(14-8-12-7-13(12)9-14)11-1-4-18-16(10-11)2-5-19-6-3-16/h11-15H,1-10,17H2. The molecule has 4 fully saturated rings. The van der Waals surface area contributed by atoms with Crippen LogP contribution in [0, 0.1) is 23.7 Å². The quantitative estimate of drug-likeness (QED) is 0.845. The summed E-state index contributed by atoms with van der Waals surface area (Å²) < 4.78 is 6.21. The van der Waals surface area contributed by atoms with Gasteiger partial charge in [-0.1, -0.05) is 0 Å². The van der Waals surface area contributed by atoms with Gasteiger partial charge in [-0.2, -0.15) is 11.8 Å². The molecule has 4 atom stereocenters. The highest BCUT2D eigenvalue weighted by Crippen LogP contribution is 2.56. The summed E-state index contributed by atoms with van der Waals surface area (Å²) in [5.74, 6) is 6.28. The van der Waals surface area contributed by atoms with Crippen molar-refractivity contribution in [3.8, 4) is 0 Å². The maximum atomic E-state index is 6.67. The Morgan fingerprint density at radius 3 is 2.53 bits per heavy atom. The van der Waals surface area contributed by atoms with Gasteiger partial charge in [-0.3, -0.25) is 0 Å². The summed E-state index contributed by atoms with van der Waals surface area (Å²) in [4.78, 5) is 0. The Balaban J connectivity index is 1.40. The molecule has 4 unspecified atom stereocenters. The van der Waals surface area contributed by atoms with Crippen LogP contribution in [-0.4, -0.2) is 29.8 Å². The van der Waals surface area contributed by atoms with E-state index in [-0.39, 0.29) is 5.60 Å². The van der Waals surface area contributed by atoms with Gasteiger partial charge in [0, 0.05) is 12.6 Å². The maximum Gasteiger partial charge on any atom is 0.0701 e. The smallest absolute Gasteiger partial charge is 0.0701 e. The van der Waals surface area contributed by atoms with Gasteiger partial charge in [0.25, 0.3) is 0 Å². The highest BCUT2D eigenvalue weighted by Gasteiger charge is 2.49. The summed E-state index contributed by atoms with van der Waals surface area (Å²) in [6.07, 6.45) is 9.37. The molecule has 2 N–H and O–H groups in total. The van der Waals surface area contributed by atoms with Crippen LogP contribution in [0.5, 0.6) is 0 Å². The molecule has 2 saturated carbocycles. The normalized spacial score (nSPS) is 45.9. The fourth-order valence-electron chi connectivity index (χ4n) is 4.95. The molecular formula is C16H27NOS. The molecular weight excluding hydrogens is 254 g/mol. The van der Waals surface area contributed by atoms with Gasteiger partial charge >= 0.3 is 0 Å². The van der Waals surface area contributed by atoms with Crippen molar-refractivity contribution >= 4 is 11.8 Å². The fourth-order valence-corrected chi connectivity index (χ4v) is 6.18. The largest absolute Gasteiger partial charge is 0.375 e. The summed E-state index contributed by atoms with van der Waals surface area (Å²) in [6, 6.07) is 0.461. The van der Waals surface area contributed by atoms with Crippen molar-refractivity contribution in [1.29, 1.82) is 0 Å². The molecule has 0 radical (unpaired) electrons. The third kappa shape index (κ3) is 2.47. The predicted molar refractivity (Wildman–Crippen MR) is 80.3 cm³/mol. The Kier molecular flexibility index (Phi) is 3.36. The highest BCUT2D eigenvalue weighted by atomic mass is 32.2. The van der Waals surface area contributed by atoms with Crippen LogP contribution in [0.3, 0.4) is 0 Å². The van der Waals surface area contributed by atoms with E-state index >= 15 is 0 Å². The zero-order chi connectivity index (χ0) is 12.9. The lowest BCUT2D eigenvalue weighted by molar-refractivity contribution is -0.108. The molecule has 0 bridgehead atoms. The van der Waals surface area contributed by atoms with Crippen molar-refractivity contribution in [2.75, 3.05) is 18.1 Å². The zero-order valence-corrected chi connectivity index (χ0v) is 12.7. The van der Waals surface area contributed by atoms with E-state index in [0.717, 1.165) is 30.3 Å².